The minimum absolute atomic E-state index is 0.0938. The molecule has 0 radical (unpaired) electrons. The van der Waals surface area contributed by atoms with Crippen molar-refractivity contribution in [3.63, 3.8) is 0 Å². The average Bonchev–Trinajstić information content (AvgIpc) is 3.61. The molecule has 0 saturated carbocycles. The van der Waals surface area contributed by atoms with Gasteiger partial charge in [0.05, 0.1) is 26.8 Å². The van der Waals surface area contributed by atoms with Crippen LogP contribution in [-0.4, -0.2) is 58.0 Å². The van der Waals surface area contributed by atoms with Crippen molar-refractivity contribution in [1.82, 2.24) is 14.9 Å². The number of hydrogen-bond acceptors (Lipinski definition) is 8. The van der Waals surface area contributed by atoms with E-state index in [1.165, 1.54) is 0 Å². The fraction of sp³-hybridized carbons (Fsp3) is 0.419. The number of carbonyl (C=O) groups is 1. The van der Waals surface area contributed by atoms with Crippen molar-refractivity contribution < 1.29 is 40.6 Å². The van der Waals surface area contributed by atoms with E-state index in [1.807, 2.05) is 4.90 Å². The highest BCUT2D eigenvalue weighted by atomic mass is 32.1. The van der Waals surface area contributed by atoms with Crippen molar-refractivity contribution in [3.05, 3.63) is 51.3 Å². The SMILES string of the molecule is CC(C)(C)OC(=O)Nc1sc2c(F)ccc(-c3c(C(F)(F)F)cc4c(=O)[nH]c(OC[C@@]56CCCN5C[C@H](F)C6)nc4c3F)c2c1C#N. The van der Waals surface area contributed by atoms with E-state index in [2.05, 4.69) is 15.3 Å². The molecule has 2 fully saturated rings. The summed E-state index contributed by atoms with van der Waals surface area (Å²) in [6.45, 7) is 5.51. The van der Waals surface area contributed by atoms with Gasteiger partial charge in [-0.25, -0.2) is 18.0 Å². The molecule has 0 unspecified atom stereocenters. The molecule has 47 heavy (non-hydrogen) atoms. The van der Waals surface area contributed by atoms with Gasteiger partial charge in [-0.1, -0.05) is 6.07 Å². The van der Waals surface area contributed by atoms with E-state index in [0.29, 0.717) is 30.4 Å². The lowest BCUT2D eigenvalue weighted by atomic mass is 9.92. The molecule has 4 aromatic rings. The zero-order chi connectivity index (χ0) is 34.1. The minimum Gasteiger partial charge on any atom is -0.463 e. The standard InChI is InChI=1S/C31H27F6N5O4S/c1-29(2,3)46-28(44)41-26-17(11-38)20-15(5-6-19(33)24(20)47-26)21-18(31(35,36)37)9-16-23(22(21)34)39-27(40-25(16)43)45-13-30-7-4-8-42(30)12-14(32)10-30/h5-6,9,14H,4,7-8,10,12-13H2,1-3H3,(H,41,44)(H,39,40,43)/t14-,30+/m1/s1. The van der Waals surface area contributed by atoms with Crippen LogP contribution < -0.4 is 15.6 Å². The minimum atomic E-state index is -5.22. The number of rotatable bonds is 5. The van der Waals surface area contributed by atoms with E-state index in [0.717, 1.165) is 18.6 Å². The summed E-state index contributed by atoms with van der Waals surface area (Å²) in [5.74, 6) is -2.51. The smallest absolute Gasteiger partial charge is 0.417 e. The van der Waals surface area contributed by atoms with Crippen molar-refractivity contribution in [3.8, 4) is 23.2 Å². The number of thiophene rings is 1. The second-order valence-corrected chi connectivity index (χ2v) is 13.6. The molecule has 6 rings (SSSR count). The molecule has 0 spiro atoms. The topological polar surface area (TPSA) is 120 Å². The van der Waals surface area contributed by atoms with Crippen molar-refractivity contribution in [2.24, 2.45) is 0 Å². The van der Waals surface area contributed by atoms with Crippen molar-refractivity contribution >= 4 is 43.4 Å². The molecule has 2 aromatic carbocycles. The molecular weight excluding hydrogens is 652 g/mol. The van der Waals surface area contributed by atoms with Crippen LogP contribution in [0.1, 0.15) is 51.2 Å². The van der Waals surface area contributed by atoms with Gasteiger partial charge in [-0.2, -0.15) is 23.4 Å². The van der Waals surface area contributed by atoms with Gasteiger partial charge < -0.3 is 9.47 Å². The number of H-pyrrole nitrogens is 1. The van der Waals surface area contributed by atoms with Gasteiger partial charge in [0.25, 0.3) is 11.6 Å². The van der Waals surface area contributed by atoms with Crippen LogP contribution in [0.15, 0.2) is 23.0 Å². The van der Waals surface area contributed by atoms with Gasteiger partial charge in [-0.05, 0) is 57.9 Å². The van der Waals surface area contributed by atoms with Crippen molar-refractivity contribution in [2.45, 2.75) is 63.5 Å². The molecule has 0 bridgehead atoms. The Balaban J connectivity index is 1.51. The molecule has 4 heterocycles. The molecule has 1 amide bonds. The van der Waals surface area contributed by atoms with E-state index in [4.69, 9.17) is 9.47 Å². The largest absolute Gasteiger partial charge is 0.463 e. The van der Waals surface area contributed by atoms with Gasteiger partial charge in [0.1, 0.15) is 40.8 Å². The number of alkyl halides is 4. The van der Waals surface area contributed by atoms with Gasteiger partial charge >= 0.3 is 12.3 Å². The van der Waals surface area contributed by atoms with E-state index in [9.17, 15) is 32.4 Å². The summed E-state index contributed by atoms with van der Waals surface area (Å²) in [6, 6.07) is 3.42. The molecule has 2 aliphatic rings. The second-order valence-electron chi connectivity index (χ2n) is 12.6. The third-order valence-corrected chi connectivity index (χ3v) is 9.36. The van der Waals surface area contributed by atoms with Crippen molar-refractivity contribution in [2.75, 3.05) is 25.0 Å². The van der Waals surface area contributed by atoms with Crippen LogP contribution in [0.5, 0.6) is 6.01 Å². The normalized spacial score (nSPS) is 20.0. The zero-order valence-electron chi connectivity index (χ0n) is 25.2. The lowest BCUT2D eigenvalue weighted by Gasteiger charge is -2.30. The first kappa shape index (κ1) is 32.6. The molecule has 2 atom stereocenters. The Morgan fingerprint density at radius 1 is 1.28 bits per heavy atom. The number of halogens is 6. The summed E-state index contributed by atoms with van der Waals surface area (Å²) >= 11 is 0.557. The number of nitriles is 1. The monoisotopic (exact) mass is 679 g/mol. The summed E-state index contributed by atoms with van der Waals surface area (Å²) in [6.07, 6.45) is -5.71. The van der Waals surface area contributed by atoms with E-state index in [-0.39, 0.29) is 29.3 Å². The molecule has 248 valence electrons. The summed E-state index contributed by atoms with van der Waals surface area (Å²) < 4.78 is 100.0. The number of nitrogens with one attached hydrogen (secondary N) is 2. The quantitative estimate of drug-likeness (QED) is 0.213. The summed E-state index contributed by atoms with van der Waals surface area (Å²) in [4.78, 5) is 33.6. The Hall–Kier alpha value is -4.36. The molecule has 16 heteroatoms. The average molecular weight is 680 g/mol. The number of anilines is 1. The van der Waals surface area contributed by atoms with E-state index < -0.39 is 91.3 Å². The lowest BCUT2D eigenvalue weighted by molar-refractivity contribution is -0.137. The molecule has 2 aliphatic heterocycles. The predicted octanol–water partition coefficient (Wildman–Crippen LogP) is 7.28. The number of ether oxygens (including phenoxy) is 2. The van der Waals surface area contributed by atoms with Crippen molar-refractivity contribution in [1.29, 1.82) is 5.26 Å². The molecule has 2 N–H and O–H groups in total. The molecule has 2 aromatic heterocycles. The highest BCUT2D eigenvalue weighted by Gasteiger charge is 2.49. The Morgan fingerprint density at radius 3 is 2.70 bits per heavy atom. The first-order chi connectivity index (χ1) is 22.0. The van der Waals surface area contributed by atoms with Gasteiger partial charge in [0, 0.05) is 23.9 Å². The number of carbonyl (C=O) groups excluding carboxylic acids is 1. The molecule has 9 nitrogen and oxygen atoms in total. The third kappa shape index (κ3) is 5.86. The van der Waals surface area contributed by atoms with Crippen LogP contribution >= 0.6 is 11.3 Å². The Kier molecular flexibility index (Phi) is 7.91. The molecule has 0 aliphatic carbocycles. The van der Waals surface area contributed by atoms with Crippen LogP contribution in [-0.2, 0) is 10.9 Å². The maximum Gasteiger partial charge on any atom is 0.417 e. The summed E-state index contributed by atoms with van der Waals surface area (Å²) in [5.41, 5.74) is -7.10. The Labute approximate surface area is 267 Å². The lowest BCUT2D eigenvalue weighted by Crippen LogP contribution is -2.43. The molecule has 2 saturated heterocycles. The maximum absolute atomic E-state index is 16.5. The number of hydrogen-bond donors (Lipinski definition) is 2. The summed E-state index contributed by atoms with van der Waals surface area (Å²) in [7, 11) is 0. The molecular formula is C31H27F6N5O4S. The Bertz CT molecular complexity index is 2030. The van der Waals surface area contributed by atoms with E-state index in [1.54, 1.807) is 26.8 Å². The number of amides is 1. The first-order valence-corrected chi connectivity index (χ1v) is 15.3. The fourth-order valence-electron chi connectivity index (χ4n) is 6.39. The highest BCUT2D eigenvalue weighted by molar-refractivity contribution is 7.23. The second kappa shape index (κ2) is 11.4. The zero-order valence-corrected chi connectivity index (χ0v) is 26.0. The Morgan fingerprint density at radius 2 is 2.02 bits per heavy atom. The number of fused-ring (bicyclic) bond motifs is 3. The number of benzene rings is 2. The van der Waals surface area contributed by atoms with Gasteiger partial charge in [-0.15, -0.1) is 11.3 Å². The van der Waals surface area contributed by atoms with E-state index >= 15 is 8.78 Å². The van der Waals surface area contributed by atoms with Crippen LogP contribution in [0.4, 0.5) is 36.1 Å². The summed E-state index contributed by atoms with van der Waals surface area (Å²) in [5, 5.41) is 11.0. The van der Waals surface area contributed by atoms with Crippen LogP contribution in [0, 0.1) is 23.0 Å². The number of aromatic nitrogens is 2. The number of nitrogens with zero attached hydrogens (tertiary/aromatic N) is 3. The van der Waals surface area contributed by atoms with Gasteiger partial charge in [0.2, 0.25) is 0 Å². The maximum atomic E-state index is 16.5. The third-order valence-electron chi connectivity index (χ3n) is 8.25. The first-order valence-electron chi connectivity index (χ1n) is 14.5. The van der Waals surface area contributed by atoms with Crippen LogP contribution in [0.3, 0.4) is 0 Å². The van der Waals surface area contributed by atoms with Gasteiger partial charge in [-0.3, -0.25) is 20.0 Å². The van der Waals surface area contributed by atoms with Gasteiger partial charge in [0.15, 0.2) is 5.82 Å². The number of aromatic amines is 1. The van der Waals surface area contributed by atoms with Crippen LogP contribution in [0.25, 0.3) is 32.1 Å². The predicted molar refractivity (Wildman–Crippen MR) is 161 cm³/mol. The fourth-order valence-corrected chi connectivity index (χ4v) is 7.46. The van der Waals surface area contributed by atoms with Crippen LogP contribution in [0.2, 0.25) is 0 Å². The highest BCUT2D eigenvalue weighted by Crippen LogP contribution is 2.47.